The highest BCUT2D eigenvalue weighted by Gasteiger charge is 2.44. The summed E-state index contributed by atoms with van der Waals surface area (Å²) in [6, 6.07) is 0.993. The summed E-state index contributed by atoms with van der Waals surface area (Å²) >= 11 is 0. The van der Waals surface area contributed by atoms with Crippen molar-refractivity contribution in [1.29, 1.82) is 0 Å². The smallest absolute Gasteiger partial charge is 0.211 e. The number of rotatable bonds is 3. The van der Waals surface area contributed by atoms with E-state index in [1.807, 2.05) is 0 Å². The summed E-state index contributed by atoms with van der Waals surface area (Å²) in [5, 5.41) is 3.56. The Bertz CT molecular complexity index is 353. The zero-order valence-corrected chi connectivity index (χ0v) is 11.1. The van der Waals surface area contributed by atoms with E-state index in [1.165, 1.54) is 19.1 Å². The van der Waals surface area contributed by atoms with Gasteiger partial charge in [-0.15, -0.1) is 0 Å². The SMILES string of the molecule is CC(C)NC1CCC2CN(S(C)(=O)=O)CC21. The zero-order chi connectivity index (χ0) is 11.9. The standard InChI is InChI=1S/C11H22N2O2S/c1-8(2)12-11-5-4-9-6-13(7-10(9)11)16(3,14)15/h8-12H,4-7H2,1-3H3. The van der Waals surface area contributed by atoms with Gasteiger partial charge in [-0.05, 0) is 24.7 Å². The molecule has 0 spiro atoms. The first-order valence-electron chi connectivity index (χ1n) is 6.09. The van der Waals surface area contributed by atoms with Crippen molar-refractivity contribution in [3.05, 3.63) is 0 Å². The highest BCUT2D eigenvalue weighted by Crippen LogP contribution is 2.39. The second-order valence-corrected chi connectivity index (χ2v) is 7.49. The summed E-state index contributed by atoms with van der Waals surface area (Å²) in [5.74, 6) is 1.10. The maximum absolute atomic E-state index is 11.5. The van der Waals surface area contributed by atoms with E-state index in [-0.39, 0.29) is 0 Å². The molecule has 16 heavy (non-hydrogen) atoms. The lowest BCUT2D eigenvalue weighted by Crippen LogP contribution is -2.40. The molecule has 0 aromatic rings. The first-order valence-corrected chi connectivity index (χ1v) is 7.94. The molecule has 0 aromatic carbocycles. The van der Waals surface area contributed by atoms with E-state index in [9.17, 15) is 8.42 Å². The van der Waals surface area contributed by atoms with Gasteiger partial charge in [0.2, 0.25) is 10.0 Å². The Kier molecular flexibility index (Phi) is 3.29. The predicted molar refractivity (Wildman–Crippen MR) is 64.7 cm³/mol. The minimum Gasteiger partial charge on any atom is -0.311 e. The molecule has 0 radical (unpaired) electrons. The van der Waals surface area contributed by atoms with Crippen molar-refractivity contribution < 1.29 is 8.42 Å². The molecule has 1 saturated heterocycles. The van der Waals surface area contributed by atoms with Crippen molar-refractivity contribution in [2.24, 2.45) is 11.8 Å². The van der Waals surface area contributed by atoms with Crippen molar-refractivity contribution >= 4 is 10.0 Å². The Labute approximate surface area is 98.4 Å². The van der Waals surface area contributed by atoms with Crippen LogP contribution >= 0.6 is 0 Å². The van der Waals surface area contributed by atoms with Gasteiger partial charge in [-0.3, -0.25) is 0 Å². The molecule has 0 amide bonds. The van der Waals surface area contributed by atoms with Crippen LogP contribution < -0.4 is 5.32 Å². The Morgan fingerprint density at radius 2 is 1.94 bits per heavy atom. The van der Waals surface area contributed by atoms with Gasteiger partial charge in [0.1, 0.15) is 0 Å². The first-order chi connectivity index (χ1) is 7.38. The number of hydrogen-bond donors (Lipinski definition) is 1. The van der Waals surface area contributed by atoms with Crippen LogP contribution in [0.25, 0.3) is 0 Å². The third kappa shape index (κ3) is 2.41. The van der Waals surface area contributed by atoms with E-state index in [4.69, 9.17) is 0 Å². The molecule has 1 aliphatic carbocycles. The summed E-state index contributed by atoms with van der Waals surface area (Å²) < 4.78 is 24.6. The lowest BCUT2D eigenvalue weighted by molar-refractivity contribution is 0.354. The molecule has 4 nitrogen and oxygen atoms in total. The molecule has 3 atom stereocenters. The fourth-order valence-electron chi connectivity index (χ4n) is 3.13. The minimum absolute atomic E-state index is 0.482. The van der Waals surface area contributed by atoms with Gasteiger partial charge in [0.05, 0.1) is 6.26 Å². The van der Waals surface area contributed by atoms with Crippen LogP contribution in [0, 0.1) is 11.8 Å². The first kappa shape index (κ1) is 12.3. The Hall–Kier alpha value is -0.130. The lowest BCUT2D eigenvalue weighted by atomic mass is 9.97. The van der Waals surface area contributed by atoms with Crippen LogP contribution in [-0.2, 0) is 10.0 Å². The fourth-order valence-corrected chi connectivity index (χ4v) is 4.04. The van der Waals surface area contributed by atoms with Crippen LogP contribution in [0.3, 0.4) is 0 Å². The van der Waals surface area contributed by atoms with Crippen LogP contribution in [0.1, 0.15) is 26.7 Å². The van der Waals surface area contributed by atoms with Crippen LogP contribution in [0.4, 0.5) is 0 Å². The summed E-state index contributed by atoms with van der Waals surface area (Å²) in [4.78, 5) is 0. The van der Waals surface area contributed by atoms with Crippen LogP contribution in [-0.4, -0.2) is 44.2 Å². The second kappa shape index (κ2) is 4.27. The highest BCUT2D eigenvalue weighted by atomic mass is 32.2. The molecule has 1 saturated carbocycles. The summed E-state index contributed by atoms with van der Waals surface area (Å²) in [5.41, 5.74) is 0. The van der Waals surface area contributed by atoms with E-state index in [2.05, 4.69) is 19.2 Å². The van der Waals surface area contributed by atoms with Crippen LogP contribution in [0.2, 0.25) is 0 Å². The molecule has 1 aliphatic heterocycles. The number of hydrogen-bond acceptors (Lipinski definition) is 3. The van der Waals surface area contributed by atoms with Gasteiger partial charge < -0.3 is 5.32 Å². The molecule has 1 heterocycles. The van der Waals surface area contributed by atoms with Crippen molar-refractivity contribution in [1.82, 2.24) is 9.62 Å². The zero-order valence-electron chi connectivity index (χ0n) is 10.3. The molecule has 94 valence electrons. The maximum atomic E-state index is 11.5. The molecule has 2 fully saturated rings. The summed E-state index contributed by atoms with van der Waals surface area (Å²) in [6.45, 7) is 5.75. The van der Waals surface area contributed by atoms with E-state index in [0.29, 0.717) is 30.5 Å². The molecule has 5 heteroatoms. The van der Waals surface area contributed by atoms with Gasteiger partial charge >= 0.3 is 0 Å². The number of sulfonamides is 1. The highest BCUT2D eigenvalue weighted by molar-refractivity contribution is 7.88. The monoisotopic (exact) mass is 246 g/mol. The molecule has 3 unspecified atom stereocenters. The molecule has 0 bridgehead atoms. The second-order valence-electron chi connectivity index (χ2n) is 5.51. The minimum atomic E-state index is -2.99. The molecule has 1 N–H and O–H groups in total. The maximum Gasteiger partial charge on any atom is 0.211 e. The number of nitrogens with one attached hydrogen (secondary N) is 1. The number of nitrogens with zero attached hydrogens (tertiary/aromatic N) is 1. The molecular formula is C11H22N2O2S. The number of fused-ring (bicyclic) bond motifs is 1. The van der Waals surface area contributed by atoms with E-state index in [0.717, 1.165) is 6.54 Å². The van der Waals surface area contributed by atoms with Gasteiger partial charge in [-0.2, -0.15) is 0 Å². The molecule has 2 rings (SSSR count). The van der Waals surface area contributed by atoms with Gasteiger partial charge in [0.15, 0.2) is 0 Å². The molecule has 2 aliphatic rings. The Morgan fingerprint density at radius 3 is 2.50 bits per heavy atom. The molecular weight excluding hydrogens is 224 g/mol. The van der Waals surface area contributed by atoms with Gasteiger partial charge in [-0.25, -0.2) is 12.7 Å². The van der Waals surface area contributed by atoms with E-state index in [1.54, 1.807) is 4.31 Å². The normalized spacial score (nSPS) is 35.9. The van der Waals surface area contributed by atoms with E-state index >= 15 is 0 Å². The van der Waals surface area contributed by atoms with Gasteiger partial charge in [-0.1, -0.05) is 13.8 Å². The van der Waals surface area contributed by atoms with Crippen LogP contribution in [0.5, 0.6) is 0 Å². The van der Waals surface area contributed by atoms with Gasteiger partial charge in [0, 0.05) is 25.2 Å². The average molecular weight is 246 g/mol. The predicted octanol–water partition coefficient (Wildman–Crippen LogP) is 0.654. The van der Waals surface area contributed by atoms with Crippen molar-refractivity contribution in [2.45, 2.75) is 38.8 Å². The third-order valence-electron chi connectivity index (χ3n) is 3.84. The summed E-state index contributed by atoms with van der Waals surface area (Å²) in [6.07, 6.45) is 3.69. The van der Waals surface area contributed by atoms with Crippen molar-refractivity contribution in [2.75, 3.05) is 19.3 Å². The van der Waals surface area contributed by atoms with Crippen molar-refractivity contribution in [3.63, 3.8) is 0 Å². The van der Waals surface area contributed by atoms with Crippen molar-refractivity contribution in [3.8, 4) is 0 Å². The lowest BCUT2D eigenvalue weighted by Gasteiger charge is -2.23. The third-order valence-corrected chi connectivity index (χ3v) is 5.08. The summed E-state index contributed by atoms with van der Waals surface area (Å²) in [7, 11) is -2.99. The Morgan fingerprint density at radius 1 is 1.25 bits per heavy atom. The molecule has 0 aromatic heterocycles. The fraction of sp³-hybridized carbons (Fsp3) is 1.00. The quantitative estimate of drug-likeness (QED) is 0.795. The van der Waals surface area contributed by atoms with Crippen LogP contribution in [0.15, 0.2) is 0 Å². The largest absolute Gasteiger partial charge is 0.311 e. The van der Waals surface area contributed by atoms with Gasteiger partial charge in [0.25, 0.3) is 0 Å². The van der Waals surface area contributed by atoms with E-state index < -0.39 is 10.0 Å². The average Bonchev–Trinajstić information content (AvgIpc) is 2.64. The Balaban J connectivity index is 2.02. The topological polar surface area (TPSA) is 49.4 Å².